The first-order chi connectivity index (χ1) is 13.3. The Morgan fingerprint density at radius 3 is 2.61 bits per heavy atom. The molecule has 2 bridgehead atoms. The molecule has 1 amide bonds. The molecule has 2 aliphatic rings. The molecular weight excluding hydrogens is 378 g/mol. The van der Waals surface area contributed by atoms with Crippen LogP contribution >= 0.6 is 0 Å². The van der Waals surface area contributed by atoms with Gasteiger partial charge >= 0.3 is 0 Å². The normalized spacial score (nSPS) is 25.4. The van der Waals surface area contributed by atoms with Crippen molar-refractivity contribution in [2.75, 3.05) is 14.1 Å². The first-order valence-corrected chi connectivity index (χ1v) is 11.2. The number of hydrogen-bond acceptors (Lipinski definition) is 4. The molecule has 28 heavy (non-hydrogen) atoms. The number of carbonyl (C=O) groups is 1. The minimum atomic E-state index is -3.47. The quantitative estimate of drug-likeness (QED) is 0.786. The molecule has 0 spiro atoms. The zero-order valence-electron chi connectivity index (χ0n) is 16.3. The summed E-state index contributed by atoms with van der Waals surface area (Å²) in [5, 5.41) is 8.27. The number of aromatic amines is 1. The molecule has 0 radical (unpaired) electrons. The van der Waals surface area contributed by atoms with Crippen molar-refractivity contribution in [1.29, 1.82) is 0 Å². The molecule has 2 fully saturated rings. The van der Waals surface area contributed by atoms with Crippen molar-refractivity contribution < 1.29 is 13.2 Å². The Hall–Kier alpha value is -1.97. The summed E-state index contributed by atoms with van der Waals surface area (Å²) < 4.78 is 28.4. The zero-order valence-corrected chi connectivity index (χ0v) is 17.1. The van der Waals surface area contributed by atoms with Gasteiger partial charge in [0, 0.05) is 37.6 Å². The molecule has 3 atom stereocenters. The maximum atomic E-state index is 13.2. The summed E-state index contributed by atoms with van der Waals surface area (Å²) in [5.41, 5.74) is 1.71. The first-order valence-electron chi connectivity index (χ1n) is 9.78. The summed E-state index contributed by atoms with van der Waals surface area (Å²) in [6.45, 7) is 0. The summed E-state index contributed by atoms with van der Waals surface area (Å²) in [4.78, 5) is 15.2. The predicted octanol–water partition coefficient (Wildman–Crippen LogP) is 1.41. The fourth-order valence-corrected chi connectivity index (χ4v) is 5.42. The standard InChI is InChI=1S/C19H27N5O3S/c1-23(2)28(26,27)22-13-10-14-6-5-7-15(11-13)24(14)19(25)12-18-16-8-3-4-9-17(16)20-21-18/h3-4,8-9,13-15,22H,5-7,10-12H2,1-2H3,(H,20,21)/t13?,14-,15+. The van der Waals surface area contributed by atoms with Gasteiger partial charge in [-0.15, -0.1) is 0 Å². The number of nitrogens with one attached hydrogen (secondary N) is 2. The van der Waals surface area contributed by atoms with Crippen LogP contribution in [0.5, 0.6) is 0 Å². The van der Waals surface area contributed by atoms with Gasteiger partial charge in [-0.05, 0) is 38.2 Å². The number of H-pyrrole nitrogens is 1. The highest BCUT2D eigenvalue weighted by molar-refractivity contribution is 7.87. The summed E-state index contributed by atoms with van der Waals surface area (Å²) in [6, 6.07) is 7.83. The van der Waals surface area contributed by atoms with Crippen LogP contribution in [0.15, 0.2) is 24.3 Å². The lowest BCUT2D eigenvalue weighted by Gasteiger charge is -2.49. The highest BCUT2D eigenvalue weighted by Gasteiger charge is 2.41. The number of carbonyl (C=O) groups excluding carboxylic acids is 1. The Bertz CT molecular complexity index is 957. The molecule has 9 heteroatoms. The number of rotatable bonds is 5. The van der Waals surface area contributed by atoms with Crippen LogP contribution in [0.3, 0.4) is 0 Å². The minimum Gasteiger partial charge on any atom is -0.336 e. The lowest BCUT2D eigenvalue weighted by atomic mass is 9.82. The van der Waals surface area contributed by atoms with Crippen LogP contribution in [0, 0.1) is 0 Å². The monoisotopic (exact) mass is 405 g/mol. The number of amides is 1. The Labute approximate surface area is 165 Å². The second-order valence-corrected chi connectivity index (χ2v) is 9.93. The zero-order chi connectivity index (χ0) is 19.9. The smallest absolute Gasteiger partial charge is 0.279 e. The molecule has 3 heterocycles. The van der Waals surface area contributed by atoms with Crippen molar-refractivity contribution in [3.63, 3.8) is 0 Å². The van der Waals surface area contributed by atoms with Gasteiger partial charge in [0.1, 0.15) is 0 Å². The fourth-order valence-electron chi connectivity index (χ4n) is 4.59. The van der Waals surface area contributed by atoms with Gasteiger partial charge in [-0.1, -0.05) is 18.2 Å². The van der Waals surface area contributed by atoms with Gasteiger partial charge in [-0.2, -0.15) is 22.5 Å². The Balaban J connectivity index is 1.49. The van der Waals surface area contributed by atoms with Gasteiger partial charge in [-0.3, -0.25) is 9.89 Å². The number of para-hydroxylation sites is 1. The molecule has 2 N–H and O–H groups in total. The van der Waals surface area contributed by atoms with E-state index in [4.69, 9.17) is 0 Å². The number of nitrogens with zero attached hydrogens (tertiary/aromatic N) is 3. The van der Waals surface area contributed by atoms with Gasteiger partial charge in [0.05, 0.1) is 17.6 Å². The fraction of sp³-hybridized carbons (Fsp3) is 0.579. The van der Waals surface area contributed by atoms with Crippen molar-refractivity contribution in [2.45, 2.75) is 56.7 Å². The van der Waals surface area contributed by atoms with Crippen molar-refractivity contribution in [1.82, 2.24) is 24.1 Å². The molecule has 2 aliphatic heterocycles. The van der Waals surface area contributed by atoms with E-state index in [9.17, 15) is 13.2 Å². The second-order valence-electron chi connectivity index (χ2n) is 8.01. The van der Waals surface area contributed by atoms with E-state index in [2.05, 4.69) is 14.9 Å². The average Bonchev–Trinajstić information content (AvgIpc) is 3.03. The van der Waals surface area contributed by atoms with Crippen molar-refractivity contribution in [3.8, 4) is 0 Å². The Morgan fingerprint density at radius 2 is 1.93 bits per heavy atom. The van der Waals surface area contributed by atoms with Gasteiger partial charge < -0.3 is 4.90 Å². The topological polar surface area (TPSA) is 98.4 Å². The van der Waals surface area contributed by atoms with E-state index in [1.54, 1.807) is 0 Å². The predicted molar refractivity (Wildman–Crippen MR) is 107 cm³/mol. The van der Waals surface area contributed by atoms with Gasteiger partial charge in [0.25, 0.3) is 10.2 Å². The lowest BCUT2D eigenvalue weighted by Crippen LogP contribution is -2.59. The molecule has 2 saturated heterocycles. The van der Waals surface area contributed by atoms with Crippen LogP contribution in [0.1, 0.15) is 37.8 Å². The van der Waals surface area contributed by atoms with E-state index in [0.717, 1.165) is 35.9 Å². The van der Waals surface area contributed by atoms with Crippen LogP contribution in [-0.2, 0) is 21.4 Å². The lowest BCUT2D eigenvalue weighted by molar-refractivity contribution is -0.140. The number of fused-ring (bicyclic) bond motifs is 3. The third kappa shape index (κ3) is 3.66. The van der Waals surface area contributed by atoms with Crippen molar-refractivity contribution in [3.05, 3.63) is 30.0 Å². The number of hydrogen-bond donors (Lipinski definition) is 2. The van der Waals surface area contributed by atoms with Crippen LogP contribution < -0.4 is 4.72 Å². The summed E-state index contributed by atoms with van der Waals surface area (Å²) in [5.74, 6) is 0.0954. The van der Waals surface area contributed by atoms with E-state index < -0.39 is 10.2 Å². The van der Waals surface area contributed by atoms with Crippen LogP contribution in [0.2, 0.25) is 0 Å². The molecule has 8 nitrogen and oxygen atoms in total. The van der Waals surface area contributed by atoms with Gasteiger partial charge in [-0.25, -0.2) is 0 Å². The Kier molecular flexibility index (Phi) is 5.15. The third-order valence-electron chi connectivity index (χ3n) is 5.93. The molecule has 1 aromatic carbocycles. The largest absolute Gasteiger partial charge is 0.336 e. The molecule has 0 aliphatic carbocycles. The average molecular weight is 406 g/mol. The molecule has 0 saturated carbocycles. The van der Waals surface area contributed by atoms with E-state index in [1.165, 1.54) is 18.4 Å². The minimum absolute atomic E-state index is 0.0871. The van der Waals surface area contributed by atoms with E-state index in [-0.39, 0.29) is 24.0 Å². The number of piperidine rings is 2. The van der Waals surface area contributed by atoms with Crippen LogP contribution in [0.4, 0.5) is 0 Å². The molecule has 2 aromatic rings. The summed E-state index contributed by atoms with van der Waals surface area (Å²) in [7, 11) is -0.417. The Morgan fingerprint density at radius 1 is 1.25 bits per heavy atom. The second kappa shape index (κ2) is 7.46. The highest BCUT2D eigenvalue weighted by Crippen LogP contribution is 2.35. The van der Waals surface area contributed by atoms with Crippen molar-refractivity contribution >= 4 is 27.0 Å². The van der Waals surface area contributed by atoms with E-state index in [1.807, 2.05) is 29.2 Å². The maximum absolute atomic E-state index is 13.2. The van der Waals surface area contributed by atoms with Gasteiger partial charge in [0.15, 0.2) is 0 Å². The van der Waals surface area contributed by atoms with Crippen molar-refractivity contribution in [2.24, 2.45) is 0 Å². The van der Waals surface area contributed by atoms with Crippen LogP contribution in [0.25, 0.3) is 10.9 Å². The summed E-state index contributed by atoms with van der Waals surface area (Å²) >= 11 is 0. The van der Waals surface area contributed by atoms with E-state index in [0.29, 0.717) is 19.3 Å². The maximum Gasteiger partial charge on any atom is 0.279 e. The molecule has 4 rings (SSSR count). The molecular formula is C19H27N5O3S. The molecule has 1 aromatic heterocycles. The van der Waals surface area contributed by atoms with E-state index >= 15 is 0 Å². The number of aromatic nitrogens is 2. The SMILES string of the molecule is CN(C)S(=O)(=O)NC1C[C@H]2CCC[C@@H](C1)N2C(=O)Cc1[nH]nc2ccccc12. The molecule has 152 valence electrons. The summed E-state index contributed by atoms with van der Waals surface area (Å²) in [6.07, 6.45) is 4.55. The highest BCUT2D eigenvalue weighted by atomic mass is 32.2. The van der Waals surface area contributed by atoms with Gasteiger partial charge in [0.2, 0.25) is 5.91 Å². The molecule has 1 unspecified atom stereocenters. The number of benzene rings is 1. The van der Waals surface area contributed by atoms with Crippen LogP contribution in [-0.4, -0.2) is 65.9 Å². The third-order valence-corrected chi connectivity index (χ3v) is 7.52. The first kappa shape index (κ1) is 19.4.